The van der Waals surface area contributed by atoms with Crippen molar-refractivity contribution in [2.45, 2.75) is 6.92 Å². The highest BCUT2D eigenvalue weighted by Crippen LogP contribution is 2.32. The van der Waals surface area contributed by atoms with Crippen LogP contribution in [0, 0.1) is 6.92 Å². The topological polar surface area (TPSA) is 65.5 Å². The van der Waals surface area contributed by atoms with Crippen LogP contribution in [0.1, 0.15) is 11.1 Å². The van der Waals surface area contributed by atoms with Crippen LogP contribution in [0.5, 0.6) is 0 Å². The molecule has 0 unspecified atom stereocenters. The van der Waals surface area contributed by atoms with Crippen LogP contribution in [0.2, 0.25) is 0 Å². The number of hydrogen-bond donors (Lipinski definition) is 1. The third kappa shape index (κ3) is 4.01. The Kier molecular flexibility index (Phi) is 5.45. The first-order valence-electron chi connectivity index (χ1n) is 10.7. The van der Waals surface area contributed by atoms with Gasteiger partial charge in [-0.1, -0.05) is 18.2 Å². The lowest BCUT2D eigenvalue weighted by molar-refractivity contribution is -0.115. The van der Waals surface area contributed by atoms with E-state index in [0.29, 0.717) is 4.91 Å². The Morgan fingerprint density at radius 1 is 1.03 bits per heavy atom. The van der Waals surface area contributed by atoms with E-state index in [2.05, 4.69) is 47.3 Å². The number of fused-ring (bicyclic) bond motifs is 1. The summed E-state index contributed by atoms with van der Waals surface area (Å²) in [6, 6.07) is 14.6. The van der Waals surface area contributed by atoms with Gasteiger partial charge in [0.05, 0.1) is 10.6 Å². The molecule has 1 aromatic heterocycles. The minimum atomic E-state index is -0.346. The van der Waals surface area contributed by atoms with Gasteiger partial charge < -0.3 is 9.80 Å². The highest BCUT2D eigenvalue weighted by Gasteiger charge is 2.25. The average molecular weight is 445 g/mol. The molecule has 6 nitrogen and oxygen atoms in total. The highest BCUT2D eigenvalue weighted by molar-refractivity contribution is 8.18. The van der Waals surface area contributed by atoms with Crippen molar-refractivity contribution >= 4 is 45.4 Å². The molecule has 0 saturated carbocycles. The maximum absolute atomic E-state index is 11.9. The molecule has 0 radical (unpaired) electrons. The largest absolute Gasteiger partial charge is 0.369 e. The van der Waals surface area contributed by atoms with E-state index < -0.39 is 0 Å². The molecule has 2 fully saturated rings. The molecular formula is C25H24N4O2S. The van der Waals surface area contributed by atoms with Crippen molar-refractivity contribution in [3.63, 3.8) is 0 Å². The maximum Gasteiger partial charge on any atom is 0.290 e. The monoisotopic (exact) mass is 444 g/mol. The molecule has 0 bridgehead atoms. The van der Waals surface area contributed by atoms with E-state index >= 15 is 0 Å². The van der Waals surface area contributed by atoms with Gasteiger partial charge in [-0.2, -0.15) is 0 Å². The predicted octanol–water partition coefficient (Wildman–Crippen LogP) is 4.29. The van der Waals surface area contributed by atoms with E-state index in [0.717, 1.165) is 65.5 Å². The number of amides is 2. The first-order valence-corrected chi connectivity index (χ1v) is 11.5. The summed E-state index contributed by atoms with van der Waals surface area (Å²) in [6.07, 6.45) is 3.58. The first kappa shape index (κ1) is 20.7. The van der Waals surface area contributed by atoms with Crippen molar-refractivity contribution in [1.29, 1.82) is 0 Å². The maximum atomic E-state index is 11.9. The summed E-state index contributed by atoms with van der Waals surface area (Å²) in [4.78, 5) is 33.3. The van der Waals surface area contributed by atoms with Gasteiger partial charge in [0.25, 0.3) is 11.1 Å². The van der Waals surface area contributed by atoms with Crippen LogP contribution in [0.4, 0.5) is 10.5 Å². The molecule has 3 heterocycles. The SMILES string of the molecule is Cc1cc(-c2nccc3ccc(C=C4SC(=O)NC4=O)cc23)ccc1N1CCN(C)CC1. The van der Waals surface area contributed by atoms with Gasteiger partial charge in [-0.25, -0.2) is 0 Å². The average Bonchev–Trinajstić information content (AvgIpc) is 3.10. The third-order valence-electron chi connectivity index (χ3n) is 6.04. The van der Waals surface area contributed by atoms with Crippen molar-refractivity contribution in [1.82, 2.24) is 15.2 Å². The van der Waals surface area contributed by atoms with Gasteiger partial charge in [0.2, 0.25) is 0 Å². The second-order valence-electron chi connectivity index (χ2n) is 8.28. The smallest absolute Gasteiger partial charge is 0.290 e. The molecule has 2 saturated heterocycles. The van der Waals surface area contributed by atoms with Crippen molar-refractivity contribution in [2.75, 3.05) is 38.1 Å². The van der Waals surface area contributed by atoms with Gasteiger partial charge in [-0.3, -0.25) is 19.9 Å². The van der Waals surface area contributed by atoms with E-state index in [1.54, 1.807) is 6.08 Å². The van der Waals surface area contributed by atoms with Gasteiger partial charge in [0.15, 0.2) is 0 Å². The number of carbonyl (C=O) groups excluding carboxylic acids is 2. The molecule has 1 N–H and O–H groups in total. The summed E-state index contributed by atoms with van der Waals surface area (Å²) >= 11 is 0.930. The Morgan fingerprint density at radius 3 is 2.56 bits per heavy atom. The first-order chi connectivity index (χ1) is 15.5. The lowest BCUT2D eigenvalue weighted by Gasteiger charge is -2.35. The number of likely N-dealkylation sites (N-methyl/N-ethyl adjacent to an activating group) is 1. The van der Waals surface area contributed by atoms with Crippen LogP contribution in [0.15, 0.2) is 53.6 Å². The number of anilines is 1. The molecule has 2 aromatic carbocycles. The molecule has 0 atom stereocenters. The summed E-state index contributed by atoms with van der Waals surface area (Å²) in [5.74, 6) is -0.346. The van der Waals surface area contributed by atoms with Crippen molar-refractivity contribution in [3.8, 4) is 11.3 Å². The lowest BCUT2D eigenvalue weighted by atomic mass is 9.99. The van der Waals surface area contributed by atoms with E-state index in [-0.39, 0.29) is 11.1 Å². The molecule has 2 amide bonds. The number of thioether (sulfide) groups is 1. The summed E-state index contributed by atoms with van der Waals surface area (Å²) in [6.45, 7) is 6.38. The second kappa shape index (κ2) is 8.41. The molecule has 5 rings (SSSR count). The number of aromatic nitrogens is 1. The fourth-order valence-electron chi connectivity index (χ4n) is 4.28. The zero-order chi connectivity index (χ0) is 22.2. The number of aryl methyl sites for hydroxylation is 1. The number of nitrogens with zero attached hydrogens (tertiary/aromatic N) is 3. The summed E-state index contributed by atoms with van der Waals surface area (Å²) < 4.78 is 0. The molecule has 0 spiro atoms. The molecule has 0 aliphatic carbocycles. The third-order valence-corrected chi connectivity index (χ3v) is 6.85. The van der Waals surface area contributed by atoms with Crippen LogP contribution in [0.3, 0.4) is 0 Å². The van der Waals surface area contributed by atoms with Crippen LogP contribution in [-0.4, -0.2) is 54.3 Å². The van der Waals surface area contributed by atoms with Gasteiger partial charge in [-0.05, 0) is 72.6 Å². The van der Waals surface area contributed by atoms with Crippen LogP contribution >= 0.6 is 11.8 Å². The van der Waals surface area contributed by atoms with Gasteiger partial charge in [0.1, 0.15) is 0 Å². The van der Waals surface area contributed by atoms with Crippen LogP contribution in [0.25, 0.3) is 28.1 Å². The van der Waals surface area contributed by atoms with Crippen LogP contribution in [-0.2, 0) is 4.79 Å². The Balaban J connectivity index is 1.51. The Hall–Kier alpha value is -3.16. The molecule has 2 aliphatic heterocycles. The molecule has 7 heteroatoms. The fourth-order valence-corrected chi connectivity index (χ4v) is 4.97. The zero-order valence-corrected chi connectivity index (χ0v) is 18.9. The van der Waals surface area contributed by atoms with Gasteiger partial charge in [0, 0.05) is 49.0 Å². The Bertz CT molecular complexity index is 1260. The van der Waals surface area contributed by atoms with E-state index in [4.69, 9.17) is 4.98 Å². The lowest BCUT2D eigenvalue weighted by Crippen LogP contribution is -2.44. The van der Waals surface area contributed by atoms with E-state index in [9.17, 15) is 9.59 Å². The Labute approximate surface area is 191 Å². The van der Waals surface area contributed by atoms with Crippen molar-refractivity contribution < 1.29 is 9.59 Å². The Morgan fingerprint density at radius 2 is 1.84 bits per heavy atom. The van der Waals surface area contributed by atoms with Crippen molar-refractivity contribution in [3.05, 3.63) is 64.7 Å². The number of hydrogen-bond acceptors (Lipinski definition) is 6. The van der Waals surface area contributed by atoms with Crippen LogP contribution < -0.4 is 10.2 Å². The number of pyridine rings is 1. The number of imide groups is 1. The number of carbonyl (C=O) groups is 2. The van der Waals surface area contributed by atoms with Gasteiger partial charge in [-0.15, -0.1) is 0 Å². The summed E-state index contributed by atoms with van der Waals surface area (Å²) in [7, 11) is 2.17. The minimum absolute atomic E-state index is 0.333. The quantitative estimate of drug-likeness (QED) is 0.608. The molecule has 162 valence electrons. The fraction of sp³-hybridized carbons (Fsp3) is 0.240. The summed E-state index contributed by atoms with van der Waals surface area (Å²) in [5, 5.41) is 4.07. The van der Waals surface area contributed by atoms with Crippen molar-refractivity contribution in [2.24, 2.45) is 0 Å². The number of rotatable bonds is 3. The minimum Gasteiger partial charge on any atom is -0.369 e. The van der Waals surface area contributed by atoms with E-state index in [1.807, 2.05) is 30.5 Å². The number of nitrogens with one attached hydrogen (secondary N) is 1. The standard InChI is InChI=1S/C25H24N4O2S/c1-16-13-19(5-6-21(16)29-11-9-28(2)10-12-29)23-20-14-17(3-4-18(20)7-8-26-23)15-22-24(30)27-25(31)32-22/h3-8,13-15H,9-12H2,1-2H3,(H,27,30,31). The summed E-state index contributed by atoms with van der Waals surface area (Å²) in [5.41, 5.74) is 5.36. The molecule has 2 aliphatic rings. The molecule has 32 heavy (non-hydrogen) atoms. The normalized spacial score (nSPS) is 18.6. The number of piperazine rings is 1. The zero-order valence-electron chi connectivity index (χ0n) is 18.1. The highest BCUT2D eigenvalue weighted by atomic mass is 32.2. The van der Waals surface area contributed by atoms with E-state index in [1.165, 1.54) is 11.3 Å². The van der Waals surface area contributed by atoms with Gasteiger partial charge >= 0.3 is 0 Å². The predicted molar refractivity (Wildman–Crippen MR) is 131 cm³/mol. The molecule has 3 aromatic rings. The molecular weight excluding hydrogens is 420 g/mol. The number of benzene rings is 2. The second-order valence-corrected chi connectivity index (χ2v) is 9.30.